The maximum atomic E-state index is 10.2. The number of hydrogen-bond donors (Lipinski definition) is 1. The molecule has 0 radical (unpaired) electrons. The Bertz CT molecular complexity index is 99.7. The van der Waals surface area contributed by atoms with Gasteiger partial charge in [0, 0.05) is 0 Å². The van der Waals surface area contributed by atoms with Gasteiger partial charge >= 0.3 is 5.97 Å². The van der Waals surface area contributed by atoms with Crippen LogP contribution in [0, 0.1) is 5.92 Å². The SMILES string of the molecule is C=C.CCCCC(C)C(=O)O. The van der Waals surface area contributed by atoms with E-state index in [0.29, 0.717) is 0 Å². The predicted molar refractivity (Wildman–Crippen MR) is 47.6 cm³/mol. The van der Waals surface area contributed by atoms with E-state index in [9.17, 15) is 4.79 Å². The Kier molecular flexibility index (Phi) is 10.8. The summed E-state index contributed by atoms with van der Waals surface area (Å²) in [5, 5.41) is 8.41. The summed E-state index contributed by atoms with van der Waals surface area (Å²) < 4.78 is 0. The van der Waals surface area contributed by atoms with Crippen LogP contribution in [0.15, 0.2) is 13.2 Å². The number of carboxylic acids is 1. The summed E-state index contributed by atoms with van der Waals surface area (Å²) in [6.45, 7) is 9.81. The third-order valence-corrected chi connectivity index (χ3v) is 1.41. The Hall–Kier alpha value is -0.790. The topological polar surface area (TPSA) is 37.3 Å². The Morgan fingerprint density at radius 1 is 1.55 bits per heavy atom. The van der Waals surface area contributed by atoms with Crippen LogP contribution in [0.4, 0.5) is 0 Å². The molecule has 0 aliphatic heterocycles. The summed E-state index contributed by atoms with van der Waals surface area (Å²) >= 11 is 0. The van der Waals surface area contributed by atoms with Gasteiger partial charge < -0.3 is 5.11 Å². The molecule has 0 spiro atoms. The van der Waals surface area contributed by atoms with E-state index in [1.54, 1.807) is 6.92 Å². The molecule has 0 aliphatic carbocycles. The third kappa shape index (κ3) is 9.21. The monoisotopic (exact) mass is 158 g/mol. The highest BCUT2D eigenvalue weighted by Gasteiger charge is 2.08. The van der Waals surface area contributed by atoms with E-state index in [2.05, 4.69) is 20.1 Å². The van der Waals surface area contributed by atoms with E-state index in [4.69, 9.17) is 5.11 Å². The second-order valence-electron chi connectivity index (χ2n) is 2.38. The van der Waals surface area contributed by atoms with Gasteiger partial charge in [0.05, 0.1) is 5.92 Å². The normalized spacial score (nSPS) is 11.1. The van der Waals surface area contributed by atoms with E-state index < -0.39 is 5.97 Å². The van der Waals surface area contributed by atoms with E-state index in [1.165, 1.54) is 0 Å². The zero-order chi connectivity index (χ0) is 9.28. The van der Waals surface area contributed by atoms with E-state index in [-0.39, 0.29) is 5.92 Å². The fraction of sp³-hybridized carbons (Fsp3) is 0.667. The van der Waals surface area contributed by atoms with Crippen molar-refractivity contribution in [3.8, 4) is 0 Å². The first-order valence-electron chi connectivity index (χ1n) is 3.91. The van der Waals surface area contributed by atoms with Crippen molar-refractivity contribution in [1.29, 1.82) is 0 Å². The highest BCUT2D eigenvalue weighted by Crippen LogP contribution is 2.06. The number of rotatable bonds is 4. The summed E-state index contributed by atoms with van der Waals surface area (Å²) in [6.07, 6.45) is 2.91. The average molecular weight is 158 g/mol. The number of unbranched alkanes of at least 4 members (excludes halogenated alkanes) is 1. The lowest BCUT2D eigenvalue weighted by molar-refractivity contribution is -0.141. The Labute approximate surface area is 68.9 Å². The van der Waals surface area contributed by atoms with Crippen LogP contribution in [0.25, 0.3) is 0 Å². The molecule has 0 saturated carbocycles. The molecule has 0 rings (SSSR count). The van der Waals surface area contributed by atoms with Gasteiger partial charge in [-0.1, -0.05) is 26.7 Å². The van der Waals surface area contributed by atoms with Crippen LogP contribution < -0.4 is 0 Å². The lowest BCUT2D eigenvalue weighted by Crippen LogP contribution is -2.08. The second kappa shape index (κ2) is 9.21. The molecule has 0 bridgehead atoms. The summed E-state index contributed by atoms with van der Waals surface area (Å²) in [5.74, 6) is -0.839. The Balaban J connectivity index is 0. The van der Waals surface area contributed by atoms with Gasteiger partial charge in [-0.2, -0.15) is 0 Å². The Morgan fingerprint density at radius 3 is 2.27 bits per heavy atom. The van der Waals surface area contributed by atoms with E-state index >= 15 is 0 Å². The van der Waals surface area contributed by atoms with Gasteiger partial charge in [0.1, 0.15) is 0 Å². The van der Waals surface area contributed by atoms with Crippen molar-refractivity contribution in [2.75, 3.05) is 0 Å². The van der Waals surface area contributed by atoms with Crippen LogP contribution in [0.3, 0.4) is 0 Å². The van der Waals surface area contributed by atoms with Crippen LogP contribution >= 0.6 is 0 Å². The molecule has 0 saturated heterocycles. The zero-order valence-electron chi connectivity index (χ0n) is 7.47. The highest BCUT2D eigenvalue weighted by atomic mass is 16.4. The summed E-state index contributed by atoms with van der Waals surface area (Å²) in [6, 6.07) is 0. The third-order valence-electron chi connectivity index (χ3n) is 1.41. The molecule has 66 valence electrons. The second-order valence-corrected chi connectivity index (χ2v) is 2.38. The largest absolute Gasteiger partial charge is 0.481 e. The minimum Gasteiger partial charge on any atom is -0.481 e. The van der Waals surface area contributed by atoms with Crippen molar-refractivity contribution in [2.24, 2.45) is 5.92 Å². The summed E-state index contributed by atoms with van der Waals surface area (Å²) in [5.41, 5.74) is 0. The summed E-state index contributed by atoms with van der Waals surface area (Å²) in [7, 11) is 0. The van der Waals surface area contributed by atoms with Gasteiger partial charge in [-0.05, 0) is 6.42 Å². The maximum Gasteiger partial charge on any atom is 0.306 e. The van der Waals surface area contributed by atoms with Gasteiger partial charge in [-0.15, -0.1) is 13.2 Å². The van der Waals surface area contributed by atoms with Crippen molar-refractivity contribution in [1.82, 2.24) is 0 Å². The molecule has 0 aromatic heterocycles. The van der Waals surface area contributed by atoms with Crippen molar-refractivity contribution in [3.63, 3.8) is 0 Å². The van der Waals surface area contributed by atoms with Crippen molar-refractivity contribution in [3.05, 3.63) is 13.2 Å². The molecule has 1 unspecified atom stereocenters. The smallest absolute Gasteiger partial charge is 0.306 e. The molecule has 0 fully saturated rings. The molecule has 0 aromatic rings. The molecule has 1 N–H and O–H groups in total. The number of hydrogen-bond acceptors (Lipinski definition) is 1. The molecule has 0 amide bonds. The molecule has 0 heterocycles. The fourth-order valence-electron chi connectivity index (χ4n) is 0.634. The number of carbonyl (C=O) groups is 1. The van der Waals surface area contributed by atoms with E-state index in [0.717, 1.165) is 19.3 Å². The van der Waals surface area contributed by atoms with Crippen LogP contribution in [-0.2, 0) is 4.79 Å². The summed E-state index contributed by atoms with van der Waals surface area (Å²) in [4.78, 5) is 10.2. The van der Waals surface area contributed by atoms with Gasteiger partial charge in [0.2, 0.25) is 0 Å². The highest BCUT2D eigenvalue weighted by molar-refractivity contribution is 5.69. The Morgan fingerprint density at radius 2 is 2.00 bits per heavy atom. The molecule has 2 heteroatoms. The minimum absolute atomic E-state index is 0.162. The first-order chi connectivity index (χ1) is 5.18. The van der Waals surface area contributed by atoms with Crippen molar-refractivity contribution < 1.29 is 9.90 Å². The zero-order valence-corrected chi connectivity index (χ0v) is 7.47. The molecule has 0 aromatic carbocycles. The van der Waals surface area contributed by atoms with Gasteiger partial charge in [-0.25, -0.2) is 0 Å². The quantitative estimate of drug-likeness (QED) is 0.639. The maximum absolute atomic E-state index is 10.2. The van der Waals surface area contributed by atoms with Gasteiger partial charge in [-0.3, -0.25) is 4.79 Å². The van der Waals surface area contributed by atoms with Crippen LogP contribution in [0.1, 0.15) is 33.1 Å². The number of aliphatic carboxylic acids is 1. The molecule has 11 heavy (non-hydrogen) atoms. The van der Waals surface area contributed by atoms with Crippen molar-refractivity contribution in [2.45, 2.75) is 33.1 Å². The molecular formula is C9H18O2. The molecule has 2 nitrogen and oxygen atoms in total. The minimum atomic E-state index is -0.677. The first kappa shape index (κ1) is 12.8. The van der Waals surface area contributed by atoms with Gasteiger partial charge in [0.15, 0.2) is 0 Å². The molecular weight excluding hydrogens is 140 g/mol. The predicted octanol–water partition coefficient (Wildman–Crippen LogP) is 2.70. The lowest BCUT2D eigenvalue weighted by Gasteiger charge is -2.02. The van der Waals surface area contributed by atoms with Crippen LogP contribution in [0.2, 0.25) is 0 Å². The van der Waals surface area contributed by atoms with E-state index in [1.807, 2.05) is 0 Å². The average Bonchev–Trinajstić information content (AvgIpc) is 2.03. The van der Waals surface area contributed by atoms with Crippen LogP contribution in [0.5, 0.6) is 0 Å². The number of carboxylic acid groups (broad SMARTS) is 1. The molecule has 0 aliphatic rings. The lowest BCUT2D eigenvalue weighted by atomic mass is 10.1. The van der Waals surface area contributed by atoms with Gasteiger partial charge in [0.25, 0.3) is 0 Å². The first-order valence-corrected chi connectivity index (χ1v) is 3.91. The fourth-order valence-corrected chi connectivity index (χ4v) is 0.634. The standard InChI is InChI=1S/C7H14O2.C2H4/c1-3-4-5-6(2)7(8)9;1-2/h6H,3-5H2,1-2H3,(H,8,9);1-2H2. The van der Waals surface area contributed by atoms with Crippen molar-refractivity contribution >= 4 is 5.97 Å². The molecule has 1 atom stereocenters. The van der Waals surface area contributed by atoms with Crippen LogP contribution in [-0.4, -0.2) is 11.1 Å².